The fraction of sp³-hybridized carbons (Fsp3) is 0.263. The van der Waals surface area contributed by atoms with Crippen LogP contribution in [0, 0.1) is 0 Å². The first-order valence-electron chi connectivity index (χ1n) is 8.10. The molecule has 0 fully saturated rings. The van der Waals surface area contributed by atoms with Crippen molar-refractivity contribution in [1.82, 2.24) is 0 Å². The van der Waals surface area contributed by atoms with Crippen molar-refractivity contribution in [3.63, 3.8) is 0 Å². The summed E-state index contributed by atoms with van der Waals surface area (Å²) in [6.07, 6.45) is 0.806. The van der Waals surface area contributed by atoms with Gasteiger partial charge in [-0.15, -0.1) is 0 Å². The molecule has 0 radical (unpaired) electrons. The maximum atomic E-state index is 11.7. The molecule has 0 spiro atoms. The predicted molar refractivity (Wildman–Crippen MR) is 102 cm³/mol. The Bertz CT molecular complexity index is 766. The van der Waals surface area contributed by atoms with E-state index in [1.807, 2.05) is 30.3 Å². The van der Waals surface area contributed by atoms with Crippen LogP contribution in [-0.4, -0.2) is 32.0 Å². The normalized spacial score (nSPS) is 11.8. The van der Waals surface area contributed by atoms with Gasteiger partial charge in [-0.25, -0.2) is 4.79 Å². The third-order valence-corrected chi connectivity index (χ3v) is 3.63. The van der Waals surface area contributed by atoms with Gasteiger partial charge in [-0.05, 0) is 43.7 Å². The second-order valence-corrected chi connectivity index (χ2v) is 5.69. The topological polar surface area (TPSA) is 69.2 Å². The number of anilines is 1. The average molecular weight is 377 g/mol. The van der Waals surface area contributed by atoms with Gasteiger partial charge in [0.1, 0.15) is 0 Å². The molecule has 1 unspecified atom stereocenters. The molecular weight excluding hydrogens is 356 g/mol. The van der Waals surface area contributed by atoms with Gasteiger partial charge in [0.05, 0.1) is 30.6 Å². The Hall–Kier alpha value is -2.73. The molecule has 0 aromatic heterocycles. The number of carbonyl (C=O) groups excluding carboxylic acids is 1. The van der Waals surface area contributed by atoms with Crippen LogP contribution < -0.4 is 14.9 Å². The number of esters is 1. The molecule has 26 heavy (non-hydrogen) atoms. The lowest BCUT2D eigenvalue weighted by atomic mass is 10.2. The molecule has 1 atom stereocenters. The van der Waals surface area contributed by atoms with Gasteiger partial charge in [-0.3, -0.25) is 5.43 Å². The molecule has 7 heteroatoms. The lowest BCUT2D eigenvalue weighted by Gasteiger charge is -2.17. The quantitative estimate of drug-likeness (QED) is 0.426. The van der Waals surface area contributed by atoms with Crippen LogP contribution in [0.4, 0.5) is 5.69 Å². The zero-order valence-electron chi connectivity index (χ0n) is 14.9. The van der Waals surface area contributed by atoms with Gasteiger partial charge in [0.15, 0.2) is 17.6 Å². The molecule has 2 aromatic rings. The molecular formula is C19H21ClN2O4. The number of hydrazone groups is 1. The van der Waals surface area contributed by atoms with Crippen LogP contribution in [0.3, 0.4) is 0 Å². The second kappa shape index (κ2) is 9.68. The van der Waals surface area contributed by atoms with Gasteiger partial charge >= 0.3 is 5.97 Å². The smallest absolute Gasteiger partial charge is 0.347 e. The molecule has 0 aliphatic rings. The number of nitrogens with zero attached hydrogens (tertiary/aromatic N) is 1. The van der Waals surface area contributed by atoms with Gasteiger partial charge in [0, 0.05) is 0 Å². The van der Waals surface area contributed by atoms with Crippen LogP contribution >= 0.6 is 11.6 Å². The number of ether oxygens (including phenoxy) is 3. The molecule has 0 saturated carbocycles. The van der Waals surface area contributed by atoms with Crippen LogP contribution in [-0.2, 0) is 9.53 Å². The van der Waals surface area contributed by atoms with Crippen molar-refractivity contribution in [2.45, 2.75) is 20.0 Å². The summed E-state index contributed by atoms with van der Waals surface area (Å²) in [5.41, 5.74) is 4.50. The fourth-order valence-electron chi connectivity index (χ4n) is 2.11. The van der Waals surface area contributed by atoms with Gasteiger partial charge in [-0.2, -0.15) is 5.10 Å². The number of benzene rings is 2. The number of para-hydroxylation sites is 1. The summed E-state index contributed by atoms with van der Waals surface area (Å²) in [6, 6.07) is 12.9. The van der Waals surface area contributed by atoms with Crippen molar-refractivity contribution in [2.24, 2.45) is 5.10 Å². The van der Waals surface area contributed by atoms with E-state index in [-0.39, 0.29) is 12.4 Å². The highest BCUT2D eigenvalue weighted by atomic mass is 35.5. The molecule has 2 rings (SSSR count). The van der Waals surface area contributed by atoms with Crippen LogP contribution in [0.5, 0.6) is 11.5 Å². The predicted octanol–water partition coefficient (Wildman–Crippen LogP) is 4.13. The Balaban J connectivity index is 2.14. The number of halogens is 1. The van der Waals surface area contributed by atoms with Crippen molar-refractivity contribution >= 4 is 29.5 Å². The highest BCUT2D eigenvalue weighted by Crippen LogP contribution is 2.36. The monoisotopic (exact) mass is 376 g/mol. The van der Waals surface area contributed by atoms with E-state index in [2.05, 4.69) is 10.5 Å². The Morgan fingerprint density at radius 2 is 2.04 bits per heavy atom. The minimum Gasteiger partial charge on any atom is -0.493 e. The number of hydrogen-bond acceptors (Lipinski definition) is 6. The highest BCUT2D eigenvalue weighted by molar-refractivity contribution is 6.32. The van der Waals surface area contributed by atoms with E-state index in [1.54, 1.807) is 32.2 Å². The number of methoxy groups -OCH3 is 1. The first-order chi connectivity index (χ1) is 12.5. The van der Waals surface area contributed by atoms with Crippen molar-refractivity contribution < 1.29 is 19.0 Å². The number of hydrogen-bond donors (Lipinski definition) is 1. The maximum Gasteiger partial charge on any atom is 0.347 e. The zero-order valence-corrected chi connectivity index (χ0v) is 15.6. The molecule has 1 N–H and O–H groups in total. The summed E-state index contributed by atoms with van der Waals surface area (Å²) < 4.78 is 15.9. The second-order valence-electron chi connectivity index (χ2n) is 5.28. The number of nitrogens with one attached hydrogen (secondary N) is 1. The van der Waals surface area contributed by atoms with Crippen molar-refractivity contribution in [3.8, 4) is 11.5 Å². The minimum absolute atomic E-state index is 0.279. The molecule has 0 heterocycles. The van der Waals surface area contributed by atoms with E-state index in [4.69, 9.17) is 25.8 Å². The largest absolute Gasteiger partial charge is 0.493 e. The van der Waals surface area contributed by atoms with E-state index < -0.39 is 12.1 Å². The first kappa shape index (κ1) is 19.6. The van der Waals surface area contributed by atoms with Crippen LogP contribution in [0.1, 0.15) is 19.4 Å². The van der Waals surface area contributed by atoms with Gasteiger partial charge in [0.2, 0.25) is 0 Å². The first-order valence-corrected chi connectivity index (χ1v) is 8.48. The Morgan fingerprint density at radius 1 is 1.31 bits per heavy atom. The van der Waals surface area contributed by atoms with Crippen LogP contribution in [0.15, 0.2) is 47.6 Å². The number of carbonyl (C=O) groups is 1. The maximum absolute atomic E-state index is 11.7. The Labute approximate surface area is 157 Å². The summed E-state index contributed by atoms with van der Waals surface area (Å²) in [4.78, 5) is 11.7. The van der Waals surface area contributed by atoms with Crippen LogP contribution in [0.25, 0.3) is 0 Å². The summed E-state index contributed by atoms with van der Waals surface area (Å²) >= 11 is 6.30. The lowest BCUT2D eigenvalue weighted by molar-refractivity contribution is -0.150. The van der Waals surface area contributed by atoms with Gasteiger partial charge in [-0.1, -0.05) is 29.8 Å². The molecule has 0 aliphatic heterocycles. The van der Waals surface area contributed by atoms with E-state index in [1.165, 1.54) is 7.11 Å². The highest BCUT2D eigenvalue weighted by Gasteiger charge is 2.20. The van der Waals surface area contributed by atoms with E-state index >= 15 is 0 Å². The summed E-state index contributed by atoms with van der Waals surface area (Å²) in [6.45, 7) is 3.60. The van der Waals surface area contributed by atoms with E-state index in [0.29, 0.717) is 16.3 Å². The van der Waals surface area contributed by atoms with Crippen molar-refractivity contribution in [3.05, 3.63) is 53.1 Å². The summed E-state index contributed by atoms with van der Waals surface area (Å²) in [7, 11) is 1.50. The van der Waals surface area contributed by atoms with Crippen molar-refractivity contribution in [2.75, 3.05) is 19.1 Å². The fourth-order valence-corrected chi connectivity index (χ4v) is 2.37. The van der Waals surface area contributed by atoms with E-state index in [0.717, 1.165) is 5.69 Å². The SMILES string of the molecule is CCOC(=O)C(C)Oc1c(Cl)cc(C=NNc2ccccc2)cc1OC. The van der Waals surface area contributed by atoms with Gasteiger partial charge < -0.3 is 14.2 Å². The molecule has 0 saturated heterocycles. The molecule has 0 amide bonds. The zero-order chi connectivity index (χ0) is 18.9. The third-order valence-electron chi connectivity index (χ3n) is 3.35. The molecule has 138 valence electrons. The van der Waals surface area contributed by atoms with Crippen molar-refractivity contribution in [1.29, 1.82) is 0 Å². The minimum atomic E-state index is -0.805. The molecule has 6 nitrogen and oxygen atoms in total. The molecule has 0 bridgehead atoms. The summed E-state index contributed by atoms with van der Waals surface area (Å²) in [5.74, 6) is 0.209. The molecule has 0 aliphatic carbocycles. The average Bonchev–Trinajstić information content (AvgIpc) is 2.64. The Morgan fingerprint density at radius 3 is 2.69 bits per heavy atom. The number of rotatable bonds is 8. The summed E-state index contributed by atoms with van der Waals surface area (Å²) in [5, 5.41) is 4.47. The standard InChI is InChI=1S/C19H21ClN2O4/c1-4-25-19(23)13(2)26-18-16(20)10-14(11-17(18)24-3)12-21-22-15-8-6-5-7-9-15/h5-13,22H,4H2,1-3H3. The lowest BCUT2D eigenvalue weighted by Crippen LogP contribution is -2.26. The van der Waals surface area contributed by atoms with Gasteiger partial charge in [0.25, 0.3) is 0 Å². The Kier molecular flexibility index (Phi) is 7.29. The molecule has 2 aromatic carbocycles. The van der Waals surface area contributed by atoms with Crippen LogP contribution in [0.2, 0.25) is 5.02 Å². The van der Waals surface area contributed by atoms with E-state index in [9.17, 15) is 4.79 Å². The third kappa shape index (κ3) is 5.39.